The first kappa shape index (κ1) is 11.2. The van der Waals surface area contributed by atoms with E-state index < -0.39 is 22.7 Å². The maximum absolute atomic E-state index is 11.1. The molecule has 1 unspecified atom stereocenters. The van der Waals surface area contributed by atoms with Crippen LogP contribution in [-0.4, -0.2) is 21.0 Å². The fraction of sp³-hybridized carbons (Fsp3) is 0.125. The number of nitrogens with one attached hydrogen (secondary N) is 1. The Morgan fingerprint density at radius 1 is 1.43 bits per heavy atom. The highest BCUT2D eigenvalue weighted by Gasteiger charge is 2.05. The fourth-order valence-corrected chi connectivity index (χ4v) is 1.76. The Kier molecular flexibility index (Phi) is 4.09. The van der Waals surface area contributed by atoms with Gasteiger partial charge in [0.05, 0.1) is 0 Å². The lowest BCUT2D eigenvalue weighted by molar-refractivity contribution is -0.133. The summed E-state index contributed by atoms with van der Waals surface area (Å²) in [7, 11) is -1.57. The van der Waals surface area contributed by atoms with Crippen LogP contribution in [0.4, 0.5) is 5.69 Å². The van der Waals surface area contributed by atoms with Gasteiger partial charge in [0.1, 0.15) is 16.7 Å². The molecule has 4 nitrogen and oxygen atoms in total. The Morgan fingerprint density at radius 3 is 2.50 bits per heavy atom. The van der Waals surface area contributed by atoms with Crippen LogP contribution in [-0.2, 0) is 15.8 Å². The molecule has 6 heteroatoms. The average molecular weight is 278 g/mol. The Balaban J connectivity index is 2.56. The third kappa shape index (κ3) is 3.89. The summed E-state index contributed by atoms with van der Waals surface area (Å²) in [6, 6.07) is 6.98. The van der Waals surface area contributed by atoms with Gasteiger partial charge in [0.15, 0.2) is 0 Å². The number of halogens is 1. The van der Waals surface area contributed by atoms with Crippen molar-refractivity contribution < 1.29 is 14.1 Å². The molecule has 2 N–H and O–H groups in total. The maximum atomic E-state index is 11.1. The van der Waals surface area contributed by atoms with Gasteiger partial charge in [-0.05, 0) is 24.3 Å². The molecule has 1 rings (SSSR count). The molecule has 0 aliphatic heterocycles. The van der Waals surface area contributed by atoms with Gasteiger partial charge in [-0.1, -0.05) is 15.9 Å². The van der Waals surface area contributed by atoms with Gasteiger partial charge in [-0.3, -0.25) is 4.79 Å². The van der Waals surface area contributed by atoms with Gasteiger partial charge in [-0.2, -0.15) is 0 Å². The highest BCUT2D eigenvalue weighted by molar-refractivity contribution is 9.10. The largest absolute Gasteiger partial charge is 0.481 e. The third-order valence-electron chi connectivity index (χ3n) is 1.33. The molecule has 0 fully saturated rings. The van der Waals surface area contributed by atoms with E-state index in [1.165, 1.54) is 0 Å². The second-order valence-corrected chi connectivity index (χ2v) is 4.59. The summed E-state index contributed by atoms with van der Waals surface area (Å²) in [5.74, 6) is -1.50. The zero-order valence-electron chi connectivity index (χ0n) is 7.07. The minimum atomic E-state index is -1.57. The second-order valence-electron chi connectivity index (χ2n) is 2.49. The van der Waals surface area contributed by atoms with Crippen molar-refractivity contribution in [3.05, 3.63) is 28.7 Å². The van der Waals surface area contributed by atoms with Gasteiger partial charge in [0.2, 0.25) is 0 Å². The standard InChI is InChI=1S/C8H8BrNO3S/c9-6-1-3-7(4-2-6)10-14(13)5-8(11)12/h1-4,10H,5H2,(H,11,12). The van der Waals surface area contributed by atoms with Crippen LogP contribution < -0.4 is 4.72 Å². The second kappa shape index (κ2) is 5.11. The minimum absolute atomic E-state index is 0.407. The lowest BCUT2D eigenvalue weighted by atomic mass is 10.3. The van der Waals surface area contributed by atoms with Gasteiger partial charge < -0.3 is 9.83 Å². The van der Waals surface area contributed by atoms with Crippen molar-refractivity contribution in [3.63, 3.8) is 0 Å². The fourth-order valence-electron chi connectivity index (χ4n) is 0.798. The molecule has 76 valence electrons. The zero-order valence-corrected chi connectivity index (χ0v) is 9.47. The topological polar surface area (TPSA) is 66.4 Å². The predicted octanol–water partition coefficient (Wildman–Crippen LogP) is 1.61. The van der Waals surface area contributed by atoms with Crippen LogP contribution in [0.1, 0.15) is 0 Å². The molecule has 0 spiro atoms. The molecule has 1 atom stereocenters. The van der Waals surface area contributed by atoms with Crippen LogP contribution in [0.2, 0.25) is 0 Å². The molecule has 0 aromatic heterocycles. The van der Waals surface area contributed by atoms with E-state index in [0.29, 0.717) is 5.69 Å². The Morgan fingerprint density at radius 2 is 2.00 bits per heavy atom. The number of carboxylic acid groups (broad SMARTS) is 1. The Labute approximate surface area is 92.0 Å². The normalized spacial score (nSPS) is 12.1. The monoisotopic (exact) mass is 277 g/mol. The Hall–Kier alpha value is -0.880. The summed E-state index contributed by atoms with van der Waals surface area (Å²) in [4.78, 5) is 10.2. The number of carboxylic acids is 1. The van der Waals surface area contributed by atoms with E-state index in [4.69, 9.17) is 5.11 Å². The van der Waals surface area contributed by atoms with Crippen LogP contribution in [0.5, 0.6) is 0 Å². The van der Waals surface area contributed by atoms with Crippen LogP contribution >= 0.6 is 15.9 Å². The van der Waals surface area contributed by atoms with Crippen LogP contribution in [0, 0.1) is 0 Å². The number of aliphatic carboxylic acids is 1. The zero-order chi connectivity index (χ0) is 10.6. The molecular weight excluding hydrogens is 270 g/mol. The van der Waals surface area contributed by atoms with Gasteiger partial charge in [0, 0.05) is 10.2 Å². The van der Waals surface area contributed by atoms with Crippen molar-refractivity contribution in [2.24, 2.45) is 0 Å². The van der Waals surface area contributed by atoms with E-state index in [1.807, 2.05) is 0 Å². The highest BCUT2D eigenvalue weighted by atomic mass is 79.9. The number of benzene rings is 1. The molecule has 1 aromatic rings. The first-order chi connectivity index (χ1) is 6.58. The van der Waals surface area contributed by atoms with Crippen molar-refractivity contribution in [2.45, 2.75) is 0 Å². The summed E-state index contributed by atoms with van der Waals surface area (Å²) in [5.41, 5.74) is 0.632. The maximum Gasteiger partial charge on any atom is 0.318 e. The molecule has 0 bridgehead atoms. The van der Waals surface area contributed by atoms with E-state index in [2.05, 4.69) is 20.7 Å². The summed E-state index contributed by atoms with van der Waals surface area (Å²) in [6.45, 7) is 0. The first-order valence-electron chi connectivity index (χ1n) is 3.70. The van der Waals surface area contributed by atoms with Crippen molar-refractivity contribution in [1.29, 1.82) is 0 Å². The molecular formula is C8H8BrNO3S. The number of anilines is 1. The quantitative estimate of drug-likeness (QED) is 0.879. The molecule has 0 aliphatic carbocycles. The lowest BCUT2D eigenvalue weighted by Crippen LogP contribution is -2.15. The third-order valence-corrected chi connectivity index (χ3v) is 2.83. The molecule has 0 amide bonds. The van der Waals surface area contributed by atoms with Gasteiger partial charge in [0.25, 0.3) is 0 Å². The van der Waals surface area contributed by atoms with E-state index in [0.717, 1.165) is 4.47 Å². The van der Waals surface area contributed by atoms with E-state index in [1.54, 1.807) is 24.3 Å². The summed E-state index contributed by atoms with van der Waals surface area (Å²) in [5, 5.41) is 8.37. The summed E-state index contributed by atoms with van der Waals surface area (Å²) < 4.78 is 14.6. The minimum Gasteiger partial charge on any atom is -0.481 e. The van der Waals surface area contributed by atoms with Crippen LogP contribution in [0.25, 0.3) is 0 Å². The molecule has 0 radical (unpaired) electrons. The molecule has 0 aliphatic rings. The molecule has 0 saturated carbocycles. The van der Waals surface area contributed by atoms with Gasteiger partial charge in [-0.25, -0.2) is 4.21 Å². The van der Waals surface area contributed by atoms with E-state index >= 15 is 0 Å². The number of rotatable bonds is 4. The number of hydrogen-bond acceptors (Lipinski definition) is 2. The Bertz CT molecular complexity index is 352. The van der Waals surface area contributed by atoms with Gasteiger partial charge in [-0.15, -0.1) is 0 Å². The summed E-state index contributed by atoms with van der Waals surface area (Å²) >= 11 is 3.25. The van der Waals surface area contributed by atoms with Gasteiger partial charge >= 0.3 is 5.97 Å². The average Bonchev–Trinajstić information content (AvgIpc) is 2.07. The molecule has 0 heterocycles. The van der Waals surface area contributed by atoms with Crippen molar-refractivity contribution in [3.8, 4) is 0 Å². The highest BCUT2D eigenvalue weighted by Crippen LogP contribution is 2.14. The van der Waals surface area contributed by atoms with Crippen molar-refractivity contribution in [1.82, 2.24) is 0 Å². The number of hydrogen-bond donors (Lipinski definition) is 2. The van der Waals surface area contributed by atoms with Crippen molar-refractivity contribution >= 4 is 38.6 Å². The lowest BCUT2D eigenvalue weighted by Gasteiger charge is -2.03. The SMILES string of the molecule is O=C(O)CS(=O)Nc1ccc(Br)cc1. The molecule has 1 aromatic carbocycles. The smallest absolute Gasteiger partial charge is 0.318 e. The van der Waals surface area contributed by atoms with E-state index in [9.17, 15) is 9.00 Å². The van der Waals surface area contributed by atoms with Crippen LogP contribution in [0.3, 0.4) is 0 Å². The molecule has 0 saturated heterocycles. The first-order valence-corrected chi connectivity index (χ1v) is 5.81. The molecule has 14 heavy (non-hydrogen) atoms. The number of carbonyl (C=O) groups is 1. The van der Waals surface area contributed by atoms with Crippen molar-refractivity contribution in [2.75, 3.05) is 10.5 Å². The van der Waals surface area contributed by atoms with Crippen LogP contribution in [0.15, 0.2) is 28.7 Å². The predicted molar refractivity (Wildman–Crippen MR) is 58.4 cm³/mol. The van der Waals surface area contributed by atoms with E-state index in [-0.39, 0.29) is 0 Å². The summed E-state index contributed by atoms with van der Waals surface area (Å²) in [6.07, 6.45) is 0.